The maximum Gasteiger partial charge on any atom is 0.259 e. The van der Waals surface area contributed by atoms with Gasteiger partial charge in [-0.2, -0.15) is 5.10 Å². The van der Waals surface area contributed by atoms with E-state index in [0.29, 0.717) is 28.2 Å². The molecule has 1 amide bonds. The van der Waals surface area contributed by atoms with E-state index in [0.717, 1.165) is 31.0 Å². The highest BCUT2D eigenvalue weighted by atomic mass is 32.1. The normalized spacial score (nSPS) is 16.5. The molecule has 11 heteroatoms. The van der Waals surface area contributed by atoms with E-state index in [2.05, 4.69) is 35.9 Å². The van der Waals surface area contributed by atoms with Crippen LogP contribution in [0.2, 0.25) is 0 Å². The van der Waals surface area contributed by atoms with Crippen molar-refractivity contribution in [1.29, 1.82) is 0 Å². The Kier molecular flexibility index (Phi) is 7.30. The number of nitrogens with zero attached hydrogens (tertiary/aromatic N) is 5. The first-order valence-electron chi connectivity index (χ1n) is 10.8. The van der Waals surface area contributed by atoms with Crippen molar-refractivity contribution in [3.05, 3.63) is 47.7 Å². The highest BCUT2D eigenvalue weighted by molar-refractivity contribution is 7.19. The summed E-state index contributed by atoms with van der Waals surface area (Å²) in [4.78, 5) is 15.1. The zero-order valence-electron chi connectivity index (χ0n) is 18.8. The maximum absolute atomic E-state index is 12.9. The number of anilines is 3. The van der Waals surface area contributed by atoms with Crippen molar-refractivity contribution in [1.82, 2.24) is 20.4 Å². The van der Waals surface area contributed by atoms with Crippen LogP contribution < -0.4 is 20.3 Å². The summed E-state index contributed by atoms with van der Waals surface area (Å²) in [5, 5.41) is 24.0. The van der Waals surface area contributed by atoms with Crippen molar-refractivity contribution in [3.63, 3.8) is 0 Å². The third-order valence-electron chi connectivity index (χ3n) is 5.25. The average molecular weight is 470 g/mol. The van der Waals surface area contributed by atoms with Crippen LogP contribution in [-0.4, -0.2) is 59.1 Å². The van der Waals surface area contributed by atoms with Gasteiger partial charge in [0.2, 0.25) is 10.3 Å². The number of hydrogen-bond donors (Lipinski definition) is 2. The van der Waals surface area contributed by atoms with E-state index >= 15 is 0 Å². The molecule has 1 fully saturated rings. The first-order valence-corrected chi connectivity index (χ1v) is 11.6. The summed E-state index contributed by atoms with van der Waals surface area (Å²) in [5.74, 6) is 1.22. The highest BCUT2D eigenvalue weighted by Crippen LogP contribution is 2.27. The van der Waals surface area contributed by atoms with Gasteiger partial charge in [-0.1, -0.05) is 23.5 Å². The molecule has 0 radical (unpaired) electrons. The number of benzene rings is 1. The van der Waals surface area contributed by atoms with E-state index in [1.54, 1.807) is 13.2 Å². The Bertz CT molecular complexity index is 1080. The molecule has 0 bridgehead atoms. The summed E-state index contributed by atoms with van der Waals surface area (Å²) in [6, 6.07) is 11.4. The van der Waals surface area contributed by atoms with Gasteiger partial charge < -0.3 is 19.7 Å². The molecule has 2 atom stereocenters. The molecule has 10 nitrogen and oxygen atoms in total. The summed E-state index contributed by atoms with van der Waals surface area (Å²) in [5.41, 5.74) is 1.61. The standard InChI is InChI=1S/C22H27N7O3S/c1-4-32-19(15-6-5-7-17(12-15)31-3)20(30)24-22-28-27-21(33-22)23-16-10-11-29(13-16)18-9-8-14(2)25-26-18/h5-9,12,16,19H,4,10-11,13H2,1-3H3,(H,23,27)(H,24,28,30). The van der Waals surface area contributed by atoms with Crippen LogP contribution in [0.5, 0.6) is 5.75 Å². The Hall–Kier alpha value is -3.31. The molecule has 1 saturated heterocycles. The molecule has 1 aromatic carbocycles. The highest BCUT2D eigenvalue weighted by Gasteiger charge is 2.26. The quantitative estimate of drug-likeness (QED) is 0.488. The maximum atomic E-state index is 12.9. The van der Waals surface area contributed by atoms with E-state index in [1.165, 1.54) is 11.3 Å². The van der Waals surface area contributed by atoms with Gasteiger partial charge in [0, 0.05) is 25.7 Å². The second-order valence-electron chi connectivity index (χ2n) is 7.62. The molecule has 33 heavy (non-hydrogen) atoms. The molecule has 0 spiro atoms. The molecule has 2 unspecified atom stereocenters. The van der Waals surface area contributed by atoms with Gasteiger partial charge >= 0.3 is 0 Å². The number of carbonyl (C=O) groups is 1. The van der Waals surface area contributed by atoms with Crippen LogP contribution in [0.1, 0.15) is 30.7 Å². The van der Waals surface area contributed by atoms with Gasteiger partial charge in [-0.25, -0.2) is 0 Å². The lowest BCUT2D eigenvalue weighted by Gasteiger charge is -2.17. The van der Waals surface area contributed by atoms with Gasteiger partial charge in [0.15, 0.2) is 11.9 Å². The second kappa shape index (κ2) is 10.5. The summed E-state index contributed by atoms with van der Waals surface area (Å²) >= 11 is 1.29. The SMILES string of the molecule is CCOC(C(=O)Nc1nnc(NC2CCN(c3ccc(C)nn3)C2)s1)c1cccc(OC)c1. The third-order valence-corrected chi connectivity index (χ3v) is 6.02. The lowest BCUT2D eigenvalue weighted by Crippen LogP contribution is -2.26. The van der Waals surface area contributed by atoms with Crippen molar-refractivity contribution in [3.8, 4) is 5.75 Å². The molecule has 3 aromatic rings. The Labute approximate surface area is 196 Å². The Morgan fingerprint density at radius 1 is 1.21 bits per heavy atom. The van der Waals surface area contributed by atoms with Crippen molar-refractivity contribution in [2.45, 2.75) is 32.4 Å². The molecule has 1 aliphatic rings. The Morgan fingerprint density at radius 2 is 2.06 bits per heavy atom. The Morgan fingerprint density at radius 3 is 2.82 bits per heavy atom. The molecular formula is C22H27N7O3S. The molecule has 174 valence electrons. The fourth-order valence-corrected chi connectivity index (χ4v) is 4.34. The molecule has 4 rings (SSSR count). The molecule has 0 saturated carbocycles. The number of nitrogens with one attached hydrogen (secondary N) is 2. The number of hydrogen-bond acceptors (Lipinski definition) is 10. The van der Waals surface area contributed by atoms with Gasteiger partial charge in [0.25, 0.3) is 5.91 Å². The minimum Gasteiger partial charge on any atom is -0.497 e. The number of ether oxygens (including phenoxy) is 2. The smallest absolute Gasteiger partial charge is 0.259 e. The van der Waals surface area contributed by atoms with Crippen LogP contribution in [0.3, 0.4) is 0 Å². The molecule has 0 aliphatic carbocycles. The number of carbonyl (C=O) groups excluding carboxylic acids is 1. The topological polar surface area (TPSA) is 114 Å². The van der Waals surface area contributed by atoms with Crippen LogP contribution >= 0.6 is 11.3 Å². The summed E-state index contributed by atoms with van der Waals surface area (Å²) in [7, 11) is 1.59. The zero-order chi connectivity index (χ0) is 23.2. The number of rotatable bonds is 9. The van der Waals surface area contributed by atoms with Gasteiger partial charge in [0.1, 0.15) is 5.75 Å². The third kappa shape index (κ3) is 5.74. The van der Waals surface area contributed by atoms with Crippen LogP contribution in [0.15, 0.2) is 36.4 Å². The van der Waals surface area contributed by atoms with Gasteiger partial charge in [-0.3, -0.25) is 10.1 Å². The molecular weight excluding hydrogens is 442 g/mol. The number of aromatic nitrogens is 4. The van der Waals surface area contributed by atoms with Gasteiger partial charge in [-0.05, 0) is 50.1 Å². The molecule has 2 N–H and O–H groups in total. The number of methoxy groups -OCH3 is 1. The molecule has 3 heterocycles. The average Bonchev–Trinajstić information content (AvgIpc) is 3.47. The monoisotopic (exact) mass is 469 g/mol. The summed E-state index contributed by atoms with van der Waals surface area (Å²) < 4.78 is 11.0. The zero-order valence-corrected chi connectivity index (χ0v) is 19.6. The lowest BCUT2D eigenvalue weighted by molar-refractivity contribution is -0.127. The largest absolute Gasteiger partial charge is 0.497 e. The first kappa shape index (κ1) is 22.9. The molecule has 1 aliphatic heterocycles. The van der Waals surface area contributed by atoms with E-state index in [9.17, 15) is 4.79 Å². The fourth-order valence-electron chi connectivity index (χ4n) is 3.62. The van der Waals surface area contributed by atoms with Gasteiger partial charge in [0.05, 0.1) is 12.8 Å². The van der Waals surface area contributed by atoms with Crippen molar-refractivity contribution < 1.29 is 14.3 Å². The van der Waals surface area contributed by atoms with E-state index in [1.807, 2.05) is 44.2 Å². The lowest BCUT2D eigenvalue weighted by atomic mass is 10.1. The number of amides is 1. The van der Waals surface area contributed by atoms with E-state index in [-0.39, 0.29) is 11.9 Å². The first-order chi connectivity index (χ1) is 16.1. The van der Waals surface area contributed by atoms with E-state index < -0.39 is 6.10 Å². The second-order valence-corrected chi connectivity index (χ2v) is 8.60. The predicted octanol–water partition coefficient (Wildman–Crippen LogP) is 3.05. The van der Waals surface area contributed by atoms with Crippen molar-refractivity contribution in [2.75, 3.05) is 42.3 Å². The van der Waals surface area contributed by atoms with Gasteiger partial charge in [-0.15, -0.1) is 15.3 Å². The van der Waals surface area contributed by atoms with Crippen LogP contribution in [0, 0.1) is 6.92 Å². The van der Waals surface area contributed by atoms with Crippen LogP contribution in [-0.2, 0) is 9.53 Å². The van der Waals surface area contributed by atoms with Crippen LogP contribution in [0.4, 0.5) is 16.1 Å². The fraction of sp³-hybridized carbons (Fsp3) is 0.409. The summed E-state index contributed by atoms with van der Waals surface area (Å²) in [6.45, 7) is 5.84. The minimum absolute atomic E-state index is 0.206. The van der Waals surface area contributed by atoms with E-state index in [4.69, 9.17) is 9.47 Å². The van der Waals surface area contributed by atoms with Crippen molar-refractivity contribution in [2.24, 2.45) is 0 Å². The minimum atomic E-state index is -0.774. The van der Waals surface area contributed by atoms with Crippen molar-refractivity contribution >= 4 is 33.3 Å². The Balaban J connectivity index is 1.35. The predicted molar refractivity (Wildman–Crippen MR) is 127 cm³/mol. The van der Waals surface area contributed by atoms with Crippen LogP contribution in [0.25, 0.3) is 0 Å². The number of aryl methyl sites for hydroxylation is 1. The molecule has 2 aromatic heterocycles. The summed E-state index contributed by atoms with van der Waals surface area (Å²) in [6.07, 6.45) is 0.170.